The molecule has 6 nitrogen and oxygen atoms in total. The zero-order valence-corrected chi connectivity index (χ0v) is 16.9. The van der Waals surface area contributed by atoms with E-state index in [1.54, 1.807) is 35.2 Å². The van der Waals surface area contributed by atoms with Crippen molar-refractivity contribution < 1.29 is 4.79 Å². The number of carbonyl (C=O) groups is 1. The molecule has 0 aliphatic carbocycles. The third-order valence-electron chi connectivity index (χ3n) is 4.82. The van der Waals surface area contributed by atoms with Crippen LogP contribution in [0.25, 0.3) is 0 Å². The molecule has 4 N–H and O–H groups in total. The van der Waals surface area contributed by atoms with Gasteiger partial charge < -0.3 is 16.0 Å². The summed E-state index contributed by atoms with van der Waals surface area (Å²) in [5.74, 6) is 1.01. The summed E-state index contributed by atoms with van der Waals surface area (Å²) in [6, 6.07) is 13.2. The molecule has 142 valence electrons. The number of hydrogen-bond acceptors (Lipinski definition) is 5. The van der Waals surface area contributed by atoms with Gasteiger partial charge >= 0.3 is 0 Å². The number of nitrogens with two attached hydrogens (primary N) is 1. The van der Waals surface area contributed by atoms with Gasteiger partial charge in [0.2, 0.25) is 0 Å². The molecule has 1 amide bonds. The van der Waals surface area contributed by atoms with Gasteiger partial charge in [0, 0.05) is 28.7 Å². The van der Waals surface area contributed by atoms with Crippen molar-refractivity contribution in [2.45, 2.75) is 5.54 Å². The number of rotatable bonds is 2. The number of thiophene rings is 1. The van der Waals surface area contributed by atoms with E-state index in [4.69, 9.17) is 16.1 Å². The fraction of sp³-hybridized carbons (Fsp3) is 0.278. The number of amidine groups is 1. The van der Waals surface area contributed by atoms with Crippen molar-refractivity contribution in [1.82, 2.24) is 10.2 Å². The van der Waals surface area contributed by atoms with E-state index >= 15 is 0 Å². The number of guanidine groups is 1. The highest BCUT2D eigenvalue weighted by Gasteiger charge is 2.51. The lowest BCUT2D eigenvalue weighted by atomic mass is 9.87. The predicted molar refractivity (Wildman–Crippen MR) is 114 cm³/mol. The molecule has 0 radical (unpaired) electrons. The van der Waals surface area contributed by atoms with E-state index in [0.29, 0.717) is 23.8 Å². The topological polar surface area (TPSA) is 94.6 Å². The Kier molecular flexibility index (Phi) is 5.78. The first-order valence-electron chi connectivity index (χ1n) is 8.30. The average Bonchev–Trinajstić information content (AvgIpc) is 3.30. The fourth-order valence-electron chi connectivity index (χ4n) is 3.48. The Morgan fingerprint density at radius 1 is 1.30 bits per heavy atom. The Morgan fingerprint density at radius 2 is 2.07 bits per heavy atom. The van der Waals surface area contributed by atoms with Crippen molar-refractivity contribution >= 4 is 52.5 Å². The Bertz CT molecular complexity index is 858. The lowest BCUT2D eigenvalue weighted by Crippen LogP contribution is -2.42. The first-order valence-corrected chi connectivity index (χ1v) is 10.2. The van der Waals surface area contributed by atoms with Crippen LogP contribution in [-0.4, -0.2) is 40.8 Å². The maximum absolute atomic E-state index is 12.5. The lowest BCUT2D eigenvalue weighted by Gasteiger charge is -2.34. The van der Waals surface area contributed by atoms with E-state index < -0.39 is 5.54 Å². The number of aliphatic imine (C=N–C) groups is 1. The van der Waals surface area contributed by atoms with Crippen molar-refractivity contribution in [3.05, 3.63) is 58.3 Å². The average molecular weight is 422 g/mol. The van der Waals surface area contributed by atoms with Crippen molar-refractivity contribution in [2.75, 3.05) is 18.8 Å². The summed E-state index contributed by atoms with van der Waals surface area (Å²) in [5.41, 5.74) is 5.90. The number of fused-ring (bicyclic) bond motifs is 1. The van der Waals surface area contributed by atoms with Crippen LogP contribution >= 0.6 is 35.5 Å². The molecule has 4 rings (SSSR count). The van der Waals surface area contributed by atoms with Gasteiger partial charge in [0.05, 0.1) is 6.54 Å². The van der Waals surface area contributed by atoms with E-state index in [2.05, 4.69) is 11.4 Å². The van der Waals surface area contributed by atoms with Crippen molar-refractivity contribution in [3.8, 4) is 0 Å². The quantitative estimate of drug-likeness (QED) is 0.513. The number of benzene rings is 1. The summed E-state index contributed by atoms with van der Waals surface area (Å²) in [6.45, 7) is 1.28. The third-order valence-corrected chi connectivity index (χ3v) is 6.89. The van der Waals surface area contributed by atoms with Gasteiger partial charge in [-0.25, -0.2) is 4.99 Å². The molecule has 3 heterocycles. The summed E-state index contributed by atoms with van der Waals surface area (Å²) in [6.07, 6.45) is 0. The molecule has 1 aromatic heterocycles. The number of likely N-dealkylation sites (tertiary alicyclic amines) is 1. The van der Waals surface area contributed by atoms with Crippen molar-refractivity contribution in [1.29, 1.82) is 5.41 Å². The number of halogens is 1. The van der Waals surface area contributed by atoms with E-state index in [9.17, 15) is 4.79 Å². The molecule has 2 aromatic rings. The second kappa shape index (κ2) is 7.92. The molecule has 1 aromatic carbocycles. The van der Waals surface area contributed by atoms with Gasteiger partial charge in [-0.2, -0.15) is 0 Å². The number of carbonyl (C=O) groups excluding carboxylic acids is 1. The highest BCUT2D eigenvalue weighted by atomic mass is 35.5. The number of amides is 1. The zero-order valence-electron chi connectivity index (χ0n) is 14.4. The van der Waals surface area contributed by atoms with Gasteiger partial charge in [-0.3, -0.25) is 10.2 Å². The monoisotopic (exact) mass is 421 g/mol. The van der Waals surface area contributed by atoms with Crippen LogP contribution < -0.4 is 11.1 Å². The summed E-state index contributed by atoms with van der Waals surface area (Å²) in [7, 11) is 0. The lowest BCUT2D eigenvalue weighted by molar-refractivity contribution is 0.0977. The highest BCUT2D eigenvalue weighted by Crippen LogP contribution is 2.46. The maximum Gasteiger partial charge on any atom is 0.257 e. The highest BCUT2D eigenvalue weighted by molar-refractivity contribution is 8.13. The summed E-state index contributed by atoms with van der Waals surface area (Å²) in [5, 5.41) is 13.4. The molecule has 0 unspecified atom stereocenters. The van der Waals surface area contributed by atoms with Crippen LogP contribution in [0.15, 0.2) is 52.8 Å². The van der Waals surface area contributed by atoms with Crippen LogP contribution in [0.1, 0.15) is 15.2 Å². The van der Waals surface area contributed by atoms with Crippen LogP contribution in [-0.2, 0) is 5.54 Å². The molecule has 27 heavy (non-hydrogen) atoms. The Hall–Kier alpha value is -2.03. The minimum Gasteiger partial charge on any atom is -0.370 e. The van der Waals surface area contributed by atoms with Crippen LogP contribution in [0.3, 0.4) is 0 Å². The standard InChI is InChI=1S/C18H19N5OS2.ClH/c19-16(20)23-9-13-10-26-17(21-15(24)12-5-2-1-3-6-12)22-18(13,11-23)14-7-4-8-25-14;/h1-8,13H,9-11H2,(H3,19,20)(H,21,22,24);1H/t13-,18-;/m0./s1. The van der Waals surface area contributed by atoms with Gasteiger partial charge in [0.25, 0.3) is 5.91 Å². The van der Waals surface area contributed by atoms with E-state index in [1.165, 1.54) is 0 Å². The molecule has 1 fully saturated rings. The Balaban J connectivity index is 0.00000210. The third kappa shape index (κ3) is 3.69. The van der Waals surface area contributed by atoms with Crippen molar-refractivity contribution in [3.63, 3.8) is 0 Å². The summed E-state index contributed by atoms with van der Waals surface area (Å²) < 4.78 is 0. The zero-order chi connectivity index (χ0) is 18.1. The predicted octanol–water partition coefficient (Wildman–Crippen LogP) is 2.72. The molecule has 1 saturated heterocycles. The molecular weight excluding hydrogens is 402 g/mol. The first-order chi connectivity index (χ1) is 12.6. The van der Waals surface area contributed by atoms with Gasteiger partial charge in [-0.15, -0.1) is 23.7 Å². The smallest absolute Gasteiger partial charge is 0.257 e. The molecule has 2 aliphatic heterocycles. The maximum atomic E-state index is 12.5. The van der Waals surface area contributed by atoms with Crippen LogP contribution in [0.2, 0.25) is 0 Å². The van der Waals surface area contributed by atoms with Crippen LogP contribution in [0.4, 0.5) is 0 Å². The van der Waals surface area contributed by atoms with E-state index in [-0.39, 0.29) is 30.2 Å². The number of thioether (sulfide) groups is 1. The van der Waals surface area contributed by atoms with Gasteiger partial charge in [-0.05, 0) is 23.6 Å². The molecule has 0 spiro atoms. The molecule has 0 bridgehead atoms. The van der Waals surface area contributed by atoms with Gasteiger partial charge in [0.1, 0.15) is 5.54 Å². The molecular formula is C18H20ClN5OS2. The van der Waals surface area contributed by atoms with Crippen molar-refractivity contribution in [2.24, 2.45) is 16.6 Å². The van der Waals surface area contributed by atoms with E-state index in [1.807, 2.05) is 34.5 Å². The number of nitrogens with one attached hydrogen (secondary N) is 2. The van der Waals surface area contributed by atoms with Gasteiger partial charge in [0.15, 0.2) is 11.1 Å². The first kappa shape index (κ1) is 19.7. The Morgan fingerprint density at radius 3 is 2.74 bits per heavy atom. The van der Waals surface area contributed by atoms with Gasteiger partial charge in [-0.1, -0.05) is 36.0 Å². The second-order valence-electron chi connectivity index (χ2n) is 6.41. The summed E-state index contributed by atoms with van der Waals surface area (Å²) >= 11 is 3.22. The van der Waals surface area contributed by atoms with Crippen LogP contribution in [0.5, 0.6) is 0 Å². The van der Waals surface area contributed by atoms with E-state index in [0.717, 1.165) is 10.6 Å². The Labute approximate surface area is 172 Å². The number of hydrogen-bond donors (Lipinski definition) is 3. The summed E-state index contributed by atoms with van der Waals surface area (Å²) in [4.78, 5) is 20.5. The number of nitrogens with zero attached hydrogens (tertiary/aromatic N) is 2. The SMILES string of the molecule is Cl.N=C(N)N1C[C@H]2CSC(NC(=O)c3ccccc3)=N[C@@]2(c2cccs2)C1. The molecule has 2 aliphatic rings. The normalized spacial score (nSPS) is 23.8. The molecule has 9 heteroatoms. The molecule has 0 saturated carbocycles. The minimum atomic E-state index is -0.454. The fourth-order valence-corrected chi connectivity index (χ4v) is 5.55. The minimum absolute atomic E-state index is 0. The van der Waals surface area contributed by atoms with Crippen LogP contribution in [0, 0.1) is 11.3 Å². The molecule has 2 atom stereocenters. The largest absolute Gasteiger partial charge is 0.370 e. The second-order valence-corrected chi connectivity index (χ2v) is 8.37.